The number of pyridine rings is 1. The largest absolute Gasteiger partial charge is 0.432 e. The van der Waals surface area contributed by atoms with Gasteiger partial charge in [-0.25, -0.2) is 4.98 Å². The molecule has 0 radical (unpaired) electrons. The van der Waals surface area contributed by atoms with Gasteiger partial charge < -0.3 is 9.64 Å². The molecule has 1 N–H and O–H groups in total. The maximum atomic E-state index is 12.7. The molecule has 1 atom stereocenters. The van der Waals surface area contributed by atoms with E-state index >= 15 is 0 Å². The summed E-state index contributed by atoms with van der Waals surface area (Å²) in [5, 5.41) is 5.84. The van der Waals surface area contributed by atoms with Crippen LogP contribution < -0.4 is 0 Å². The number of aromatic nitrogens is 5. The Bertz CT molecular complexity index is 1000. The molecule has 29 heavy (non-hydrogen) atoms. The lowest BCUT2D eigenvalue weighted by Crippen LogP contribution is -2.29. The molecule has 0 spiro atoms. The monoisotopic (exact) mass is 426 g/mol. The van der Waals surface area contributed by atoms with Crippen molar-refractivity contribution >= 4 is 17.4 Å². The lowest BCUT2D eigenvalue weighted by atomic mass is 10.2. The number of methoxy groups -OCH3 is 1. The minimum atomic E-state index is -4.60. The van der Waals surface area contributed by atoms with E-state index in [2.05, 4.69) is 19.4 Å². The molecule has 0 aliphatic heterocycles. The van der Waals surface area contributed by atoms with Gasteiger partial charge in [0.15, 0.2) is 11.5 Å². The molecule has 0 saturated carbocycles. The number of alkyl halides is 3. The lowest BCUT2D eigenvalue weighted by Gasteiger charge is -2.21. The summed E-state index contributed by atoms with van der Waals surface area (Å²) in [6.45, 7) is 2.06. The predicted molar refractivity (Wildman–Crippen MR) is 98.0 cm³/mol. The fourth-order valence-electron chi connectivity index (χ4n) is 2.46. The van der Waals surface area contributed by atoms with Crippen LogP contribution in [0.2, 0.25) is 0 Å². The highest BCUT2D eigenvalue weighted by molar-refractivity contribution is 7.05. The second kappa shape index (κ2) is 8.25. The number of nitrogens with zero attached hydrogens (tertiary/aromatic N) is 5. The summed E-state index contributed by atoms with van der Waals surface area (Å²) in [6.07, 6.45) is -2.98. The first-order valence-electron chi connectivity index (χ1n) is 8.38. The van der Waals surface area contributed by atoms with Crippen molar-refractivity contribution in [1.29, 1.82) is 0 Å². The molecule has 3 rings (SSSR count). The van der Waals surface area contributed by atoms with E-state index in [4.69, 9.17) is 4.74 Å². The molecule has 8 nitrogen and oxygen atoms in total. The maximum absolute atomic E-state index is 12.7. The van der Waals surface area contributed by atoms with Gasteiger partial charge in [-0.3, -0.25) is 14.9 Å². The molecule has 12 heteroatoms. The third-order valence-electron chi connectivity index (χ3n) is 4.17. The summed E-state index contributed by atoms with van der Waals surface area (Å²) >= 11 is 1.11. The van der Waals surface area contributed by atoms with Crippen LogP contribution in [-0.4, -0.2) is 49.5 Å². The van der Waals surface area contributed by atoms with Crippen LogP contribution in [0.4, 0.5) is 13.2 Å². The Hall–Kier alpha value is -2.86. The Morgan fingerprint density at radius 3 is 2.79 bits per heavy atom. The maximum Gasteiger partial charge on any atom is 0.432 e. The fraction of sp³-hybridized carbons (Fsp3) is 0.353. The molecule has 3 aromatic rings. The molecule has 154 valence electrons. The van der Waals surface area contributed by atoms with Gasteiger partial charge in [0.2, 0.25) is 0 Å². The van der Waals surface area contributed by atoms with E-state index in [-0.39, 0.29) is 5.69 Å². The molecule has 3 heterocycles. The van der Waals surface area contributed by atoms with Crippen molar-refractivity contribution in [2.45, 2.75) is 25.7 Å². The number of carbonyl (C=O) groups is 1. The van der Waals surface area contributed by atoms with Crippen LogP contribution in [0.1, 0.15) is 39.8 Å². The summed E-state index contributed by atoms with van der Waals surface area (Å²) < 4.78 is 47.5. The summed E-state index contributed by atoms with van der Waals surface area (Å²) in [5.41, 5.74) is 0.0676. The van der Waals surface area contributed by atoms with Crippen molar-refractivity contribution in [2.24, 2.45) is 0 Å². The van der Waals surface area contributed by atoms with Crippen LogP contribution in [0, 0.1) is 0 Å². The Kier molecular flexibility index (Phi) is 5.94. The van der Waals surface area contributed by atoms with E-state index in [1.165, 1.54) is 11.9 Å². The van der Waals surface area contributed by atoms with Crippen LogP contribution in [0.25, 0.3) is 11.4 Å². The van der Waals surface area contributed by atoms with Crippen molar-refractivity contribution < 1.29 is 22.7 Å². The first-order chi connectivity index (χ1) is 13.7. The number of carbonyl (C=O) groups excluding carboxylic acids is 1. The van der Waals surface area contributed by atoms with Crippen LogP contribution in [0.15, 0.2) is 24.4 Å². The molecule has 0 fully saturated rings. The van der Waals surface area contributed by atoms with E-state index in [9.17, 15) is 18.0 Å². The average molecular weight is 426 g/mol. The SMILES string of the molecule is COCc1cc(-c2nsc([C@@H](C)N(C)C(=O)c3cc(C(F)(F)F)[nH]n3)n2)ccn1. The topological polar surface area (TPSA) is 96.9 Å². The van der Waals surface area contributed by atoms with Crippen molar-refractivity contribution in [2.75, 3.05) is 14.2 Å². The van der Waals surface area contributed by atoms with Crippen LogP contribution >= 0.6 is 11.5 Å². The van der Waals surface area contributed by atoms with Crippen LogP contribution in [0.5, 0.6) is 0 Å². The lowest BCUT2D eigenvalue weighted by molar-refractivity contribution is -0.141. The summed E-state index contributed by atoms with van der Waals surface area (Å²) in [7, 11) is 3.04. The van der Waals surface area contributed by atoms with Crippen LogP contribution in [-0.2, 0) is 17.5 Å². The predicted octanol–water partition coefficient (Wildman–Crippen LogP) is 3.32. The number of H-pyrrole nitrogens is 1. The quantitative estimate of drug-likeness (QED) is 0.650. The smallest absolute Gasteiger partial charge is 0.378 e. The number of halogens is 3. The van der Waals surface area contributed by atoms with E-state index in [1.54, 1.807) is 32.4 Å². The zero-order valence-corrected chi connectivity index (χ0v) is 16.5. The Morgan fingerprint density at radius 1 is 1.38 bits per heavy atom. The van der Waals surface area contributed by atoms with Gasteiger partial charge in [-0.05, 0) is 30.6 Å². The Labute approximate surface area is 167 Å². The number of hydrogen-bond donors (Lipinski definition) is 1. The molecule has 0 aliphatic carbocycles. The third-order valence-corrected chi connectivity index (χ3v) is 5.05. The van der Waals surface area contributed by atoms with Gasteiger partial charge in [0.25, 0.3) is 5.91 Å². The van der Waals surface area contributed by atoms with Gasteiger partial charge in [-0.15, -0.1) is 0 Å². The van der Waals surface area contributed by atoms with Crippen molar-refractivity contribution in [3.63, 3.8) is 0 Å². The Morgan fingerprint density at radius 2 is 2.14 bits per heavy atom. The number of hydrogen-bond acceptors (Lipinski definition) is 7. The van der Waals surface area contributed by atoms with E-state index in [0.29, 0.717) is 23.5 Å². The van der Waals surface area contributed by atoms with E-state index in [0.717, 1.165) is 22.8 Å². The highest BCUT2D eigenvalue weighted by Crippen LogP contribution is 2.29. The second-order valence-electron chi connectivity index (χ2n) is 6.18. The number of amides is 1. The van der Waals surface area contributed by atoms with E-state index in [1.807, 2.05) is 5.10 Å². The summed E-state index contributed by atoms with van der Waals surface area (Å²) in [4.78, 5) is 22.4. The molecule has 1 amide bonds. The molecule has 0 aromatic carbocycles. The van der Waals surface area contributed by atoms with Gasteiger partial charge in [0.1, 0.15) is 10.7 Å². The first kappa shape index (κ1) is 20.9. The van der Waals surface area contributed by atoms with Gasteiger partial charge >= 0.3 is 6.18 Å². The van der Waals surface area contributed by atoms with Crippen LogP contribution in [0.3, 0.4) is 0 Å². The minimum Gasteiger partial charge on any atom is -0.378 e. The second-order valence-corrected chi connectivity index (χ2v) is 6.97. The van der Waals surface area contributed by atoms with E-state index < -0.39 is 23.8 Å². The number of rotatable bonds is 6. The highest BCUT2D eigenvalue weighted by Gasteiger charge is 2.34. The zero-order chi connectivity index (χ0) is 21.2. The first-order valence-corrected chi connectivity index (χ1v) is 9.15. The molecular formula is C17H17F3N6O2S. The molecule has 0 aliphatic rings. The number of aromatic amines is 1. The molecule has 0 unspecified atom stereocenters. The molecule has 3 aromatic heterocycles. The summed E-state index contributed by atoms with van der Waals surface area (Å²) in [6, 6.07) is 3.73. The standard InChI is InChI=1S/C17H17F3N6O2S/c1-9(26(2)16(27)12-7-13(24-23-12)17(18,19)20)15-22-14(25-29-15)10-4-5-21-11(6-10)8-28-3/h4-7,9H,8H2,1-3H3,(H,23,24)/t9-/m1/s1. The number of ether oxygens (including phenoxy) is 1. The van der Waals surface area contributed by atoms with Crippen molar-refractivity contribution in [3.8, 4) is 11.4 Å². The average Bonchev–Trinajstić information content (AvgIpc) is 3.36. The summed E-state index contributed by atoms with van der Waals surface area (Å²) in [5.74, 6) is -0.191. The normalized spacial score (nSPS) is 12.8. The van der Waals surface area contributed by atoms with Gasteiger partial charge in [0, 0.05) is 32.0 Å². The zero-order valence-electron chi connectivity index (χ0n) is 15.7. The molecule has 0 saturated heterocycles. The van der Waals surface area contributed by atoms with Gasteiger partial charge in [-0.1, -0.05) is 0 Å². The molecular weight excluding hydrogens is 409 g/mol. The number of nitrogens with one attached hydrogen (secondary N) is 1. The van der Waals surface area contributed by atoms with Crippen molar-refractivity contribution in [1.82, 2.24) is 29.4 Å². The molecule has 0 bridgehead atoms. The highest BCUT2D eigenvalue weighted by atomic mass is 32.1. The third kappa shape index (κ3) is 4.59. The Balaban J connectivity index is 1.77. The van der Waals surface area contributed by atoms with Gasteiger partial charge in [0.05, 0.1) is 18.3 Å². The minimum absolute atomic E-state index is 0.324. The van der Waals surface area contributed by atoms with Crippen molar-refractivity contribution in [3.05, 3.63) is 46.5 Å². The fourth-order valence-corrected chi connectivity index (χ4v) is 3.23. The van der Waals surface area contributed by atoms with Gasteiger partial charge in [-0.2, -0.15) is 22.6 Å².